The second-order valence-corrected chi connectivity index (χ2v) is 5.56. The van der Waals surface area contributed by atoms with Crippen LogP contribution in [-0.4, -0.2) is 38.9 Å². The van der Waals surface area contributed by atoms with Crippen LogP contribution in [0.15, 0.2) is 24.4 Å². The molecule has 1 aromatic carbocycles. The average molecular weight is 300 g/mol. The lowest BCUT2D eigenvalue weighted by atomic mass is 10.1. The van der Waals surface area contributed by atoms with Crippen molar-refractivity contribution in [3.63, 3.8) is 0 Å². The molecule has 1 aromatic heterocycles. The molecule has 0 aliphatic heterocycles. The fourth-order valence-electron chi connectivity index (χ4n) is 2.27. The average Bonchev–Trinajstić information content (AvgIpc) is 3.00. The van der Waals surface area contributed by atoms with E-state index in [-0.39, 0.29) is 5.91 Å². The van der Waals surface area contributed by atoms with E-state index in [9.17, 15) is 4.79 Å². The van der Waals surface area contributed by atoms with Crippen molar-refractivity contribution in [3.8, 4) is 5.69 Å². The van der Waals surface area contributed by atoms with Crippen molar-refractivity contribution >= 4 is 5.91 Å². The molecule has 0 unspecified atom stereocenters. The van der Waals surface area contributed by atoms with E-state index in [2.05, 4.69) is 31.1 Å². The van der Waals surface area contributed by atoms with Gasteiger partial charge in [-0.15, -0.1) is 5.10 Å². The van der Waals surface area contributed by atoms with Crippen molar-refractivity contribution in [1.82, 2.24) is 19.9 Å². The molecule has 2 aromatic rings. The Balaban J connectivity index is 2.19. The van der Waals surface area contributed by atoms with E-state index in [0.717, 1.165) is 25.1 Å². The van der Waals surface area contributed by atoms with Gasteiger partial charge >= 0.3 is 0 Å². The lowest BCUT2D eigenvalue weighted by Crippen LogP contribution is -2.32. The van der Waals surface area contributed by atoms with Gasteiger partial charge in [-0.05, 0) is 50.5 Å². The summed E-state index contributed by atoms with van der Waals surface area (Å²) in [6.07, 6.45) is 3.78. The molecule has 22 heavy (non-hydrogen) atoms. The maximum atomic E-state index is 12.5. The Bertz CT molecular complexity index is 648. The van der Waals surface area contributed by atoms with Crippen molar-refractivity contribution < 1.29 is 4.79 Å². The van der Waals surface area contributed by atoms with E-state index in [0.29, 0.717) is 12.2 Å². The zero-order valence-electron chi connectivity index (χ0n) is 13.8. The summed E-state index contributed by atoms with van der Waals surface area (Å²) in [4.78, 5) is 14.3. The second-order valence-electron chi connectivity index (χ2n) is 5.56. The van der Waals surface area contributed by atoms with Crippen molar-refractivity contribution in [2.75, 3.05) is 13.1 Å². The SMILES string of the molecule is CCCCN(CC)C(=O)c1cn(-c2ccc(C)c(C)c2)nn1. The smallest absolute Gasteiger partial charge is 0.276 e. The van der Waals surface area contributed by atoms with Gasteiger partial charge in [0.25, 0.3) is 5.91 Å². The first-order chi connectivity index (χ1) is 10.6. The zero-order chi connectivity index (χ0) is 16.1. The first kappa shape index (κ1) is 16.2. The van der Waals surface area contributed by atoms with Gasteiger partial charge in [0.05, 0.1) is 11.9 Å². The van der Waals surface area contributed by atoms with Crippen molar-refractivity contribution in [2.24, 2.45) is 0 Å². The van der Waals surface area contributed by atoms with Gasteiger partial charge in [-0.1, -0.05) is 24.6 Å². The van der Waals surface area contributed by atoms with Crippen LogP contribution in [0.25, 0.3) is 5.69 Å². The molecule has 5 heteroatoms. The van der Waals surface area contributed by atoms with Crippen molar-refractivity contribution in [2.45, 2.75) is 40.5 Å². The topological polar surface area (TPSA) is 51.0 Å². The van der Waals surface area contributed by atoms with E-state index in [1.54, 1.807) is 10.9 Å². The Labute approximate surface area is 131 Å². The number of carbonyl (C=O) groups is 1. The molecule has 5 nitrogen and oxygen atoms in total. The number of hydrogen-bond acceptors (Lipinski definition) is 3. The Kier molecular flexibility index (Phi) is 5.31. The molecule has 118 valence electrons. The summed E-state index contributed by atoms with van der Waals surface area (Å²) in [6, 6.07) is 6.08. The summed E-state index contributed by atoms with van der Waals surface area (Å²) in [5.41, 5.74) is 3.75. The Morgan fingerprint density at radius 1 is 1.23 bits per heavy atom. The fraction of sp³-hybridized carbons (Fsp3) is 0.471. The summed E-state index contributed by atoms with van der Waals surface area (Å²) >= 11 is 0. The summed E-state index contributed by atoms with van der Waals surface area (Å²) < 4.78 is 1.66. The molecule has 0 N–H and O–H groups in total. The normalized spacial score (nSPS) is 10.7. The van der Waals surface area contributed by atoms with E-state index in [4.69, 9.17) is 0 Å². The lowest BCUT2D eigenvalue weighted by molar-refractivity contribution is 0.0756. The zero-order valence-corrected chi connectivity index (χ0v) is 13.8. The van der Waals surface area contributed by atoms with Crippen LogP contribution in [0.2, 0.25) is 0 Å². The highest BCUT2D eigenvalue weighted by molar-refractivity contribution is 5.92. The summed E-state index contributed by atoms with van der Waals surface area (Å²) in [6.45, 7) is 9.70. The van der Waals surface area contributed by atoms with Crippen LogP contribution in [0, 0.1) is 13.8 Å². The third-order valence-corrected chi connectivity index (χ3v) is 3.92. The maximum Gasteiger partial charge on any atom is 0.276 e. The number of aryl methyl sites for hydroxylation is 2. The predicted molar refractivity (Wildman–Crippen MR) is 87.3 cm³/mol. The number of carbonyl (C=O) groups excluding carboxylic acids is 1. The largest absolute Gasteiger partial charge is 0.337 e. The molecule has 0 radical (unpaired) electrons. The third kappa shape index (κ3) is 3.53. The predicted octanol–water partition coefficient (Wildman–Crippen LogP) is 3.15. The Hall–Kier alpha value is -2.17. The van der Waals surface area contributed by atoms with Gasteiger partial charge in [0.2, 0.25) is 0 Å². The molecule has 0 spiro atoms. The van der Waals surface area contributed by atoms with Crippen LogP contribution in [0.3, 0.4) is 0 Å². The molecular weight excluding hydrogens is 276 g/mol. The second kappa shape index (κ2) is 7.20. The van der Waals surface area contributed by atoms with E-state index >= 15 is 0 Å². The van der Waals surface area contributed by atoms with Crippen LogP contribution in [0.5, 0.6) is 0 Å². The number of benzene rings is 1. The van der Waals surface area contributed by atoms with Crippen LogP contribution in [-0.2, 0) is 0 Å². The van der Waals surface area contributed by atoms with Crippen molar-refractivity contribution in [1.29, 1.82) is 0 Å². The standard InChI is InChI=1S/C17H24N4O/c1-5-7-10-20(6-2)17(22)16-12-21(19-18-16)15-9-8-13(3)14(4)11-15/h8-9,11-12H,5-7,10H2,1-4H3. The molecule has 1 heterocycles. The molecule has 1 amide bonds. The van der Waals surface area contributed by atoms with Crippen molar-refractivity contribution in [3.05, 3.63) is 41.2 Å². The molecule has 2 rings (SSSR count). The number of hydrogen-bond donors (Lipinski definition) is 0. The van der Waals surface area contributed by atoms with Gasteiger partial charge in [0.1, 0.15) is 0 Å². The van der Waals surface area contributed by atoms with Gasteiger partial charge in [0, 0.05) is 13.1 Å². The number of unbranched alkanes of at least 4 members (excludes halogenated alkanes) is 1. The number of rotatable bonds is 6. The molecule has 0 saturated heterocycles. The minimum absolute atomic E-state index is 0.0500. The maximum absolute atomic E-state index is 12.5. The lowest BCUT2D eigenvalue weighted by Gasteiger charge is -2.18. The highest BCUT2D eigenvalue weighted by Crippen LogP contribution is 2.14. The molecule has 0 bridgehead atoms. The van der Waals surface area contributed by atoms with Crippen LogP contribution < -0.4 is 0 Å². The summed E-state index contributed by atoms with van der Waals surface area (Å²) in [7, 11) is 0. The molecule has 0 aliphatic carbocycles. The first-order valence-corrected chi connectivity index (χ1v) is 7.86. The van der Waals surface area contributed by atoms with E-state index in [1.165, 1.54) is 11.1 Å². The van der Waals surface area contributed by atoms with Gasteiger partial charge < -0.3 is 4.90 Å². The first-order valence-electron chi connectivity index (χ1n) is 7.86. The van der Waals surface area contributed by atoms with E-state index < -0.39 is 0 Å². The van der Waals surface area contributed by atoms with Gasteiger partial charge in [-0.25, -0.2) is 4.68 Å². The summed E-state index contributed by atoms with van der Waals surface area (Å²) in [5, 5.41) is 8.14. The van der Waals surface area contributed by atoms with Gasteiger partial charge in [-0.3, -0.25) is 4.79 Å². The minimum Gasteiger partial charge on any atom is -0.337 e. The highest BCUT2D eigenvalue weighted by atomic mass is 16.2. The van der Waals surface area contributed by atoms with Gasteiger partial charge in [0.15, 0.2) is 5.69 Å². The summed E-state index contributed by atoms with van der Waals surface area (Å²) in [5.74, 6) is -0.0500. The number of amides is 1. The third-order valence-electron chi connectivity index (χ3n) is 3.92. The molecule has 0 saturated carbocycles. The van der Waals surface area contributed by atoms with Gasteiger partial charge in [-0.2, -0.15) is 0 Å². The Morgan fingerprint density at radius 2 is 2.00 bits per heavy atom. The highest BCUT2D eigenvalue weighted by Gasteiger charge is 2.17. The number of nitrogens with zero attached hydrogens (tertiary/aromatic N) is 4. The van der Waals surface area contributed by atoms with Crippen LogP contribution >= 0.6 is 0 Å². The molecule has 0 fully saturated rings. The molecule has 0 atom stereocenters. The Morgan fingerprint density at radius 3 is 2.64 bits per heavy atom. The monoisotopic (exact) mass is 300 g/mol. The molecular formula is C17H24N4O. The quantitative estimate of drug-likeness (QED) is 0.823. The number of aromatic nitrogens is 3. The fourth-order valence-corrected chi connectivity index (χ4v) is 2.27. The van der Waals surface area contributed by atoms with Crippen LogP contribution in [0.4, 0.5) is 0 Å². The molecule has 0 aliphatic rings. The van der Waals surface area contributed by atoms with E-state index in [1.807, 2.05) is 30.0 Å². The minimum atomic E-state index is -0.0500. The van der Waals surface area contributed by atoms with Crippen LogP contribution in [0.1, 0.15) is 48.3 Å².